The standard InChI is InChI=1S/C26H27ClFN3O6/c1-2-37-19(32)12-15-5-3-4-9-26(15)29-23(34)21-16-8-10-30(13-14-6-7-18(28)17(27)11-14)24(35)20(16)22(33)25(36)31(21)26/h6-7,11,15,33H,2-5,8-10,12-13H2,1H3,(H,29,34). The van der Waals surface area contributed by atoms with Crippen molar-refractivity contribution in [3.8, 4) is 5.75 Å². The van der Waals surface area contributed by atoms with Gasteiger partial charge in [0.05, 0.1) is 23.6 Å². The van der Waals surface area contributed by atoms with Gasteiger partial charge in [-0.25, -0.2) is 4.39 Å². The van der Waals surface area contributed by atoms with Crippen molar-refractivity contribution in [2.24, 2.45) is 5.92 Å². The predicted octanol–water partition coefficient (Wildman–Crippen LogP) is 3.08. The minimum atomic E-state index is -1.17. The van der Waals surface area contributed by atoms with Crippen molar-refractivity contribution in [2.75, 3.05) is 13.2 Å². The van der Waals surface area contributed by atoms with E-state index in [0.717, 1.165) is 12.8 Å². The molecule has 1 saturated carbocycles. The van der Waals surface area contributed by atoms with Crippen molar-refractivity contribution in [3.63, 3.8) is 0 Å². The molecule has 1 aromatic carbocycles. The first-order chi connectivity index (χ1) is 17.7. The van der Waals surface area contributed by atoms with Gasteiger partial charge in [0.1, 0.15) is 17.2 Å². The molecule has 0 radical (unpaired) electrons. The highest BCUT2D eigenvalue weighted by atomic mass is 35.5. The molecule has 3 heterocycles. The number of pyridine rings is 1. The van der Waals surface area contributed by atoms with Gasteiger partial charge in [-0.1, -0.05) is 24.1 Å². The third kappa shape index (κ3) is 4.07. The lowest BCUT2D eigenvalue weighted by atomic mass is 9.77. The van der Waals surface area contributed by atoms with Crippen molar-refractivity contribution in [3.05, 3.63) is 61.8 Å². The van der Waals surface area contributed by atoms with Crippen LogP contribution in [0, 0.1) is 11.7 Å². The molecule has 2 atom stereocenters. The third-order valence-corrected chi connectivity index (χ3v) is 7.93. The summed E-state index contributed by atoms with van der Waals surface area (Å²) in [5, 5.41) is 13.9. The number of carbonyl (C=O) groups excluding carboxylic acids is 3. The summed E-state index contributed by atoms with van der Waals surface area (Å²) in [5.74, 6) is -3.22. The average Bonchev–Trinajstić information content (AvgIpc) is 3.15. The second-order valence-corrected chi connectivity index (χ2v) is 10.2. The largest absolute Gasteiger partial charge is 0.502 e. The Balaban J connectivity index is 1.55. The predicted molar refractivity (Wildman–Crippen MR) is 131 cm³/mol. The Hall–Kier alpha value is -3.40. The number of amides is 2. The van der Waals surface area contributed by atoms with Gasteiger partial charge >= 0.3 is 5.97 Å². The number of rotatable bonds is 5. The Labute approximate surface area is 217 Å². The molecule has 1 spiro atoms. The number of fused-ring (bicyclic) bond motifs is 4. The first-order valence-electron chi connectivity index (χ1n) is 12.4. The van der Waals surface area contributed by atoms with Gasteiger partial charge in [0.2, 0.25) is 0 Å². The van der Waals surface area contributed by atoms with Gasteiger partial charge in [-0.2, -0.15) is 0 Å². The van der Waals surface area contributed by atoms with E-state index in [-0.39, 0.29) is 48.8 Å². The number of benzene rings is 1. The fourth-order valence-corrected chi connectivity index (χ4v) is 6.21. The number of nitrogens with zero attached hydrogens (tertiary/aromatic N) is 2. The van der Waals surface area contributed by atoms with Gasteiger partial charge in [0, 0.05) is 24.6 Å². The zero-order chi connectivity index (χ0) is 26.5. The Morgan fingerprint density at radius 2 is 2.08 bits per heavy atom. The molecule has 5 rings (SSSR count). The summed E-state index contributed by atoms with van der Waals surface area (Å²) >= 11 is 5.87. The fraction of sp³-hybridized carbons (Fsp3) is 0.462. The second-order valence-electron chi connectivity index (χ2n) is 9.75. The molecule has 37 heavy (non-hydrogen) atoms. The topological polar surface area (TPSA) is 118 Å². The molecule has 0 bridgehead atoms. The summed E-state index contributed by atoms with van der Waals surface area (Å²) in [6.45, 7) is 2.24. The minimum Gasteiger partial charge on any atom is -0.502 e. The van der Waals surface area contributed by atoms with Crippen LogP contribution in [0.1, 0.15) is 71.0 Å². The molecular formula is C26H27ClFN3O6. The lowest BCUT2D eigenvalue weighted by Crippen LogP contribution is -2.55. The Bertz CT molecular complexity index is 1380. The first-order valence-corrected chi connectivity index (χ1v) is 12.8. The van der Waals surface area contributed by atoms with E-state index in [0.29, 0.717) is 24.0 Å². The molecule has 196 valence electrons. The Morgan fingerprint density at radius 3 is 2.81 bits per heavy atom. The SMILES string of the molecule is CCOC(=O)CC1CCCCC12NC(=O)c1c3c(c(O)c(=O)n12)C(=O)N(Cc1ccc(F)c(Cl)c1)CC3. The maximum atomic E-state index is 13.6. The Kier molecular flexibility index (Phi) is 6.47. The number of aromatic nitrogens is 1. The van der Waals surface area contributed by atoms with Gasteiger partial charge in [-0.3, -0.25) is 23.7 Å². The summed E-state index contributed by atoms with van der Waals surface area (Å²) in [6, 6.07) is 4.13. The molecule has 2 unspecified atom stereocenters. The summed E-state index contributed by atoms with van der Waals surface area (Å²) in [5.41, 5.74) is -1.26. The molecule has 2 N–H and O–H groups in total. The van der Waals surface area contributed by atoms with E-state index < -0.39 is 46.5 Å². The lowest BCUT2D eigenvalue weighted by molar-refractivity contribution is -0.146. The number of ether oxygens (including phenoxy) is 1. The van der Waals surface area contributed by atoms with E-state index in [1.807, 2.05) is 0 Å². The summed E-state index contributed by atoms with van der Waals surface area (Å²) in [7, 11) is 0. The summed E-state index contributed by atoms with van der Waals surface area (Å²) < 4.78 is 20.0. The molecule has 1 aromatic heterocycles. The van der Waals surface area contributed by atoms with E-state index >= 15 is 0 Å². The number of carbonyl (C=O) groups is 3. The van der Waals surface area contributed by atoms with E-state index in [2.05, 4.69) is 5.32 Å². The molecule has 1 fully saturated rings. The third-order valence-electron chi connectivity index (χ3n) is 7.64. The van der Waals surface area contributed by atoms with Crippen LogP contribution in [-0.4, -0.2) is 45.5 Å². The van der Waals surface area contributed by atoms with Crippen LogP contribution in [0.5, 0.6) is 5.75 Å². The van der Waals surface area contributed by atoms with Crippen LogP contribution in [0.3, 0.4) is 0 Å². The van der Waals surface area contributed by atoms with Crippen LogP contribution in [0.25, 0.3) is 0 Å². The molecule has 3 aliphatic rings. The number of hydrogen-bond acceptors (Lipinski definition) is 6. The highest BCUT2D eigenvalue weighted by Crippen LogP contribution is 2.45. The molecule has 2 aliphatic heterocycles. The molecule has 9 nitrogen and oxygen atoms in total. The van der Waals surface area contributed by atoms with Gasteiger partial charge in [0.25, 0.3) is 17.4 Å². The zero-order valence-corrected chi connectivity index (χ0v) is 21.1. The maximum absolute atomic E-state index is 13.6. The average molecular weight is 532 g/mol. The van der Waals surface area contributed by atoms with Crippen molar-refractivity contribution in [1.29, 1.82) is 0 Å². The second kappa shape index (κ2) is 9.48. The summed E-state index contributed by atoms with van der Waals surface area (Å²) in [4.78, 5) is 54.1. The zero-order valence-electron chi connectivity index (χ0n) is 20.3. The van der Waals surface area contributed by atoms with Crippen molar-refractivity contribution >= 4 is 29.4 Å². The highest BCUT2D eigenvalue weighted by molar-refractivity contribution is 6.30. The van der Waals surface area contributed by atoms with Crippen LogP contribution in [0.2, 0.25) is 5.02 Å². The van der Waals surface area contributed by atoms with Gasteiger partial charge in [-0.15, -0.1) is 0 Å². The number of hydrogen-bond donors (Lipinski definition) is 2. The van der Waals surface area contributed by atoms with Crippen LogP contribution in [0.4, 0.5) is 4.39 Å². The number of aromatic hydroxyl groups is 1. The highest BCUT2D eigenvalue weighted by Gasteiger charge is 2.53. The van der Waals surface area contributed by atoms with E-state index in [1.165, 1.54) is 27.7 Å². The molecule has 1 aliphatic carbocycles. The van der Waals surface area contributed by atoms with Crippen LogP contribution in [0.15, 0.2) is 23.0 Å². The summed E-state index contributed by atoms with van der Waals surface area (Å²) in [6.07, 6.45) is 2.80. The monoisotopic (exact) mass is 531 g/mol. The molecule has 11 heteroatoms. The van der Waals surface area contributed by atoms with Gasteiger partial charge < -0.3 is 20.1 Å². The van der Waals surface area contributed by atoms with Gasteiger partial charge in [0.15, 0.2) is 5.75 Å². The van der Waals surface area contributed by atoms with Crippen LogP contribution in [-0.2, 0) is 28.2 Å². The number of nitrogens with one attached hydrogen (secondary N) is 1. The Morgan fingerprint density at radius 1 is 1.30 bits per heavy atom. The van der Waals surface area contributed by atoms with Gasteiger partial charge in [-0.05, 0) is 50.3 Å². The quantitative estimate of drug-likeness (QED) is 0.573. The van der Waals surface area contributed by atoms with Crippen molar-refractivity contribution in [1.82, 2.24) is 14.8 Å². The normalized spacial score (nSPS) is 22.6. The lowest BCUT2D eigenvalue weighted by Gasteiger charge is -2.42. The smallest absolute Gasteiger partial charge is 0.306 e. The first kappa shape index (κ1) is 25.3. The molecule has 0 saturated heterocycles. The fourth-order valence-electron chi connectivity index (χ4n) is 6.01. The number of halogens is 2. The van der Waals surface area contributed by atoms with E-state index in [1.54, 1.807) is 6.92 Å². The molecular weight excluding hydrogens is 505 g/mol. The minimum absolute atomic E-state index is 0.0186. The van der Waals surface area contributed by atoms with Crippen molar-refractivity contribution in [2.45, 2.75) is 57.7 Å². The van der Waals surface area contributed by atoms with Crippen LogP contribution >= 0.6 is 11.6 Å². The number of esters is 1. The van der Waals surface area contributed by atoms with E-state index in [4.69, 9.17) is 16.3 Å². The van der Waals surface area contributed by atoms with Crippen molar-refractivity contribution < 1.29 is 28.6 Å². The molecule has 2 amide bonds. The van der Waals surface area contributed by atoms with E-state index in [9.17, 15) is 28.7 Å². The molecule has 2 aromatic rings. The van der Waals surface area contributed by atoms with Crippen LogP contribution < -0.4 is 10.9 Å². The maximum Gasteiger partial charge on any atom is 0.306 e.